The summed E-state index contributed by atoms with van der Waals surface area (Å²) >= 11 is 0. The molecular formula is C58H38N2O. The summed E-state index contributed by atoms with van der Waals surface area (Å²) in [4.78, 5) is 10.4. The molecule has 61 heavy (non-hydrogen) atoms. The SMILES string of the molecule is c1ccc(-c2ccc(-c3cc(-c4ccccc4)cc(-c4cccc(-c5cccc(-c6nc(-c7cccc(-c8ccccc8)c7)c7c(n6)oc6ccccc67)c5)c4)c3)cc2)cc1. The Morgan fingerprint density at radius 3 is 1.23 bits per heavy atom. The zero-order valence-electron chi connectivity index (χ0n) is 33.2. The number of nitrogens with zero attached hydrogens (tertiary/aromatic N) is 2. The fraction of sp³-hybridized carbons (Fsp3) is 0. The van der Waals surface area contributed by atoms with E-state index in [9.17, 15) is 0 Å². The minimum absolute atomic E-state index is 0.572. The van der Waals surface area contributed by atoms with E-state index in [-0.39, 0.29) is 0 Å². The molecular weight excluding hydrogens is 741 g/mol. The van der Waals surface area contributed by atoms with Crippen molar-refractivity contribution in [1.29, 1.82) is 0 Å². The number of hydrogen-bond acceptors (Lipinski definition) is 3. The highest BCUT2D eigenvalue weighted by molar-refractivity contribution is 6.10. The number of fused-ring (bicyclic) bond motifs is 3. The Hall–Kier alpha value is -8.14. The van der Waals surface area contributed by atoms with Crippen molar-refractivity contribution in [2.75, 3.05) is 0 Å². The first-order chi connectivity index (χ1) is 30.2. The molecule has 0 fully saturated rings. The van der Waals surface area contributed by atoms with Crippen molar-refractivity contribution in [3.05, 3.63) is 231 Å². The van der Waals surface area contributed by atoms with Crippen molar-refractivity contribution in [2.45, 2.75) is 0 Å². The van der Waals surface area contributed by atoms with Crippen molar-refractivity contribution >= 4 is 22.1 Å². The van der Waals surface area contributed by atoms with Crippen LogP contribution in [0.15, 0.2) is 235 Å². The van der Waals surface area contributed by atoms with Crippen molar-refractivity contribution < 1.29 is 4.42 Å². The van der Waals surface area contributed by atoms with Gasteiger partial charge in [-0.25, -0.2) is 4.98 Å². The molecule has 0 amide bonds. The number of furan rings is 1. The number of para-hydroxylation sites is 1. The van der Waals surface area contributed by atoms with Crippen LogP contribution in [-0.2, 0) is 0 Å². The molecule has 286 valence electrons. The first-order valence-corrected chi connectivity index (χ1v) is 20.6. The van der Waals surface area contributed by atoms with E-state index in [0.717, 1.165) is 66.6 Å². The molecule has 2 aromatic heterocycles. The molecule has 0 saturated heterocycles. The molecule has 0 aliphatic rings. The highest BCUT2D eigenvalue weighted by atomic mass is 16.3. The van der Waals surface area contributed by atoms with E-state index in [2.05, 4.69) is 206 Å². The van der Waals surface area contributed by atoms with Crippen molar-refractivity contribution in [3.63, 3.8) is 0 Å². The van der Waals surface area contributed by atoms with Gasteiger partial charge in [0.15, 0.2) is 5.82 Å². The van der Waals surface area contributed by atoms with Gasteiger partial charge < -0.3 is 4.42 Å². The Kier molecular flexibility index (Phi) is 9.18. The van der Waals surface area contributed by atoms with E-state index in [1.807, 2.05) is 24.3 Å². The zero-order chi connectivity index (χ0) is 40.5. The molecule has 0 saturated carbocycles. The van der Waals surface area contributed by atoms with Crippen molar-refractivity contribution in [1.82, 2.24) is 9.97 Å². The maximum absolute atomic E-state index is 6.43. The molecule has 0 radical (unpaired) electrons. The molecule has 3 nitrogen and oxygen atoms in total. The molecule has 0 aliphatic heterocycles. The normalized spacial score (nSPS) is 11.3. The molecule has 3 heteroatoms. The molecule has 0 bridgehead atoms. The molecule has 0 atom stereocenters. The van der Waals surface area contributed by atoms with Crippen LogP contribution in [0.5, 0.6) is 0 Å². The lowest BCUT2D eigenvalue weighted by atomic mass is 9.91. The molecule has 0 unspecified atom stereocenters. The van der Waals surface area contributed by atoms with Crippen molar-refractivity contribution in [2.24, 2.45) is 0 Å². The first kappa shape index (κ1) is 36.0. The molecule has 0 N–H and O–H groups in total. The highest BCUT2D eigenvalue weighted by Crippen LogP contribution is 2.39. The highest BCUT2D eigenvalue weighted by Gasteiger charge is 2.19. The van der Waals surface area contributed by atoms with Crippen molar-refractivity contribution in [3.8, 4) is 89.4 Å². The van der Waals surface area contributed by atoms with E-state index < -0.39 is 0 Å². The van der Waals surface area contributed by atoms with E-state index in [4.69, 9.17) is 14.4 Å². The Morgan fingerprint density at radius 2 is 0.623 bits per heavy atom. The number of hydrogen-bond donors (Lipinski definition) is 0. The van der Waals surface area contributed by atoms with Gasteiger partial charge in [-0.2, -0.15) is 4.98 Å². The smallest absolute Gasteiger partial charge is 0.231 e. The molecule has 11 rings (SSSR count). The third-order valence-electron chi connectivity index (χ3n) is 11.5. The van der Waals surface area contributed by atoms with Crippen LogP contribution in [-0.4, -0.2) is 9.97 Å². The van der Waals surface area contributed by atoms with E-state index >= 15 is 0 Å². The predicted octanol–water partition coefficient (Wildman–Crippen LogP) is 15.7. The molecule has 9 aromatic carbocycles. The van der Waals surface area contributed by atoms with Gasteiger partial charge in [0.1, 0.15) is 5.58 Å². The average molecular weight is 779 g/mol. The Labute approximate surface area is 354 Å². The number of benzene rings is 9. The number of aromatic nitrogens is 2. The fourth-order valence-corrected chi connectivity index (χ4v) is 8.40. The molecule has 0 spiro atoms. The summed E-state index contributed by atoms with van der Waals surface area (Å²) in [6.07, 6.45) is 0. The van der Waals surface area contributed by atoms with Gasteiger partial charge in [0, 0.05) is 16.5 Å². The topological polar surface area (TPSA) is 38.9 Å². The fourth-order valence-electron chi connectivity index (χ4n) is 8.40. The van der Waals surface area contributed by atoms with Crippen LogP contribution in [0.3, 0.4) is 0 Å². The van der Waals surface area contributed by atoms with Gasteiger partial charge in [-0.05, 0) is 109 Å². The van der Waals surface area contributed by atoms with Crippen LogP contribution in [0, 0.1) is 0 Å². The van der Waals surface area contributed by atoms with Crippen LogP contribution in [0.1, 0.15) is 0 Å². The Balaban J connectivity index is 0.990. The van der Waals surface area contributed by atoms with Gasteiger partial charge in [-0.3, -0.25) is 0 Å². The summed E-state index contributed by atoms with van der Waals surface area (Å²) in [5.74, 6) is 0.614. The van der Waals surface area contributed by atoms with Gasteiger partial charge in [0.2, 0.25) is 5.71 Å². The summed E-state index contributed by atoms with van der Waals surface area (Å²) in [5, 5.41) is 1.91. The summed E-state index contributed by atoms with van der Waals surface area (Å²) in [6.45, 7) is 0. The minimum Gasteiger partial charge on any atom is -0.438 e. The average Bonchev–Trinajstić information content (AvgIpc) is 3.73. The summed E-state index contributed by atoms with van der Waals surface area (Å²) in [5.41, 5.74) is 18.0. The molecule has 2 heterocycles. The Morgan fingerprint density at radius 1 is 0.262 bits per heavy atom. The second-order valence-corrected chi connectivity index (χ2v) is 15.4. The second-order valence-electron chi connectivity index (χ2n) is 15.4. The van der Waals surface area contributed by atoms with Gasteiger partial charge in [0.25, 0.3) is 0 Å². The maximum atomic E-state index is 6.43. The second kappa shape index (κ2) is 15.6. The maximum Gasteiger partial charge on any atom is 0.231 e. The molecule has 0 aliphatic carbocycles. The lowest BCUT2D eigenvalue weighted by molar-refractivity contribution is 0.653. The Bertz CT molecular complexity index is 3330. The third-order valence-corrected chi connectivity index (χ3v) is 11.5. The van der Waals surface area contributed by atoms with E-state index in [0.29, 0.717) is 11.5 Å². The van der Waals surface area contributed by atoms with Crippen LogP contribution in [0.25, 0.3) is 111 Å². The van der Waals surface area contributed by atoms with Gasteiger partial charge in [-0.1, -0.05) is 188 Å². The van der Waals surface area contributed by atoms with Gasteiger partial charge in [0.05, 0.1) is 11.1 Å². The monoisotopic (exact) mass is 778 g/mol. The van der Waals surface area contributed by atoms with E-state index in [1.54, 1.807) is 0 Å². The number of rotatable bonds is 8. The standard InChI is InChI=1S/C58H38N2O/c1-4-15-39(16-5-1)42-29-31-43(32-30-42)51-36-50(41-19-8-3-9-20-41)37-52(38-51)47-24-12-22-45(33-47)46-23-14-26-49(35-46)57-59-56(55-53-27-10-11-28-54(53)61-58(55)60-57)48-25-13-21-44(34-48)40-17-6-2-7-18-40/h1-38H. The van der Waals surface area contributed by atoms with Crippen LogP contribution in [0.2, 0.25) is 0 Å². The van der Waals surface area contributed by atoms with Crippen LogP contribution in [0.4, 0.5) is 0 Å². The summed E-state index contributed by atoms with van der Waals surface area (Å²) in [6, 6.07) is 81.5. The third kappa shape index (κ3) is 7.09. The first-order valence-electron chi connectivity index (χ1n) is 20.6. The molecule has 11 aromatic rings. The predicted molar refractivity (Wildman–Crippen MR) is 253 cm³/mol. The van der Waals surface area contributed by atoms with E-state index in [1.165, 1.54) is 33.4 Å². The lowest BCUT2D eigenvalue weighted by Gasteiger charge is -2.13. The minimum atomic E-state index is 0.572. The van der Waals surface area contributed by atoms with Gasteiger partial charge >= 0.3 is 0 Å². The summed E-state index contributed by atoms with van der Waals surface area (Å²) in [7, 11) is 0. The van der Waals surface area contributed by atoms with Gasteiger partial charge in [-0.15, -0.1) is 0 Å². The quantitative estimate of drug-likeness (QED) is 0.154. The van der Waals surface area contributed by atoms with Crippen LogP contribution < -0.4 is 0 Å². The summed E-state index contributed by atoms with van der Waals surface area (Å²) < 4.78 is 6.43. The largest absolute Gasteiger partial charge is 0.438 e. The zero-order valence-corrected chi connectivity index (χ0v) is 33.2. The van der Waals surface area contributed by atoms with Crippen LogP contribution >= 0.6 is 0 Å². The lowest BCUT2D eigenvalue weighted by Crippen LogP contribution is -1.94.